The minimum atomic E-state index is 0.264. The van der Waals surface area contributed by atoms with E-state index in [2.05, 4.69) is 34.2 Å². The first-order valence-electron chi connectivity index (χ1n) is 7.03. The molecule has 5 heteroatoms. The highest BCUT2D eigenvalue weighted by Gasteiger charge is 2.34. The van der Waals surface area contributed by atoms with Gasteiger partial charge in [-0.15, -0.1) is 0 Å². The van der Waals surface area contributed by atoms with Crippen LogP contribution in [0.25, 0.3) is 5.82 Å². The molecule has 1 aliphatic carbocycles. The lowest BCUT2D eigenvalue weighted by atomic mass is 9.74. The molecule has 0 radical (unpaired) electrons. The van der Waals surface area contributed by atoms with Crippen LogP contribution in [-0.4, -0.2) is 26.8 Å². The number of nitrogens with one attached hydrogen (secondary N) is 1. The minimum Gasteiger partial charge on any atom is -0.313 e. The Hall–Kier alpha value is -1.75. The second-order valence-corrected chi connectivity index (χ2v) is 6.36. The summed E-state index contributed by atoms with van der Waals surface area (Å²) in [5.74, 6) is 0.853. The Bertz CT molecular complexity index is 629. The van der Waals surface area contributed by atoms with Crippen LogP contribution in [0.4, 0.5) is 0 Å². The Morgan fingerprint density at radius 1 is 1.35 bits per heavy atom. The molecule has 20 heavy (non-hydrogen) atoms. The zero-order valence-electron chi connectivity index (χ0n) is 12.5. The Kier molecular flexibility index (Phi) is 3.09. The van der Waals surface area contributed by atoms with Gasteiger partial charge in [0.2, 0.25) is 0 Å². The van der Waals surface area contributed by atoms with Gasteiger partial charge in [-0.3, -0.25) is 0 Å². The Morgan fingerprint density at radius 2 is 2.15 bits per heavy atom. The van der Waals surface area contributed by atoms with Crippen LogP contribution in [0.5, 0.6) is 0 Å². The van der Waals surface area contributed by atoms with Gasteiger partial charge in [0.25, 0.3) is 0 Å². The summed E-state index contributed by atoms with van der Waals surface area (Å²) >= 11 is 0. The van der Waals surface area contributed by atoms with E-state index in [-0.39, 0.29) is 5.41 Å². The molecule has 0 fully saturated rings. The van der Waals surface area contributed by atoms with Crippen LogP contribution in [0.15, 0.2) is 18.6 Å². The summed E-state index contributed by atoms with van der Waals surface area (Å²) in [6.07, 6.45) is 5.72. The number of hydrogen-bond acceptors (Lipinski definition) is 4. The highest BCUT2D eigenvalue weighted by atomic mass is 15.3. The van der Waals surface area contributed by atoms with Crippen molar-refractivity contribution >= 4 is 0 Å². The summed E-state index contributed by atoms with van der Waals surface area (Å²) in [7, 11) is 2.02. The van der Waals surface area contributed by atoms with Crippen molar-refractivity contribution in [3.63, 3.8) is 0 Å². The lowest BCUT2D eigenvalue weighted by Gasteiger charge is -2.35. The first-order valence-corrected chi connectivity index (χ1v) is 7.03. The summed E-state index contributed by atoms with van der Waals surface area (Å²) in [5, 5.41) is 7.97. The fourth-order valence-electron chi connectivity index (χ4n) is 3.05. The fraction of sp³-hybridized carbons (Fsp3) is 0.533. The van der Waals surface area contributed by atoms with Crippen molar-refractivity contribution < 1.29 is 0 Å². The van der Waals surface area contributed by atoms with Crippen molar-refractivity contribution in [1.29, 1.82) is 0 Å². The number of fused-ring (bicyclic) bond motifs is 1. The average molecular weight is 271 g/mol. The SMILES string of the molecule is CNC1CC(C)(C)Cc2c1cnn2-c1cc(C)ncn1. The van der Waals surface area contributed by atoms with E-state index in [0.29, 0.717) is 6.04 Å². The maximum Gasteiger partial charge on any atom is 0.157 e. The van der Waals surface area contributed by atoms with Gasteiger partial charge in [0.15, 0.2) is 5.82 Å². The van der Waals surface area contributed by atoms with Crippen LogP contribution < -0.4 is 5.32 Å². The van der Waals surface area contributed by atoms with Gasteiger partial charge in [-0.2, -0.15) is 5.10 Å². The lowest BCUT2D eigenvalue weighted by molar-refractivity contribution is 0.260. The van der Waals surface area contributed by atoms with E-state index in [0.717, 1.165) is 24.4 Å². The molecule has 1 aliphatic rings. The van der Waals surface area contributed by atoms with Crippen molar-refractivity contribution in [3.8, 4) is 5.82 Å². The maximum absolute atomic E-state index is 4.56. The van der Waals surface area contributed by atoms with Crippen molar-refractivity contribution in [1.82, 2.24) is 25.1 Å². The van der Waals surface area contributed by atoms with Crippen molar-refractivity contribution in [2.45, 2.75) is 39.7 Å². The summed E-state index contributed by atoms with van der Waals surface area (Å²) < 4.78 is 1.97. The molecular formula is C15H21N5. The first-order chi connectivity index (χ1) is 9.50. The Balaban J connectivity index is 2.10. The standard InChI is InChI=1S/C15H21N5/c1-10-5-14(18-9-17-10)20-13-7-15(2,3)6-12(16-4)11(13)8-19-20/h5,8-9,12,16H,6-7H2,1-4H3. The molecule has 0 saturated heterocycles. The molecule has 0 aliphatic heterocycles. The van der Waals surface area contributed by atoms with Gasteiger partial charge in [-0.25, -0.2) is 14.6 Å². The van der Waals surface area contributed by atoms with Crippen molar-refractivity contribution in [3.05, 3.63) is 35.5 Å². The molecular weight excluding hydrogens is 250 g/mol. The second kappa shape index (κ2) is 4.66. The molecule has 0 spiro atoms. The minimum absolute atomic E-state index is 0.264. The molecule has 2 aromatic rings. The summed E-state index contributed by atoms with van der Waals surface area (Å²) in [6, 6.07) is 2.34. The predicted octanol–water partition coefficient (Wildman–Crippen LogP) is 2.20. The van der Waals surface area contributed by atoms with Gasteiger partial charge in [0.1, 0.15) is 6.33 Å². The van der Waals surface area contributed by atoms with Gasteiger partial charge in [0.05, 0.1) is 11.9 Å². The third-order valence-electron chi connectivity index (χ3n) is 4.03. The molecule has 1 unspecified atom stereocenters. The van der Waals surface area contributed by atoms with E-state index in [1.807, 2.05) is 30.9 Å². The Morgan fingerprint density at radius 3 is 2.85 bits per heavy atom. The van der Waals surface area contributed by atoms with Crippen LogP contribution in [0.2, 0.25) is 0 Å². The summed E-state index contributed by atoms with van der Waals surface area (Å²) in [4.78, 5) is 8.51. The van der Waals surface area contributed by atoms with Crippen LogP contribution >= 0.6 is 0 Å². The van der Waals surface area contributed by atoms with Gasteiger partial charge in [-0.05, 0) is 32.2 Å². The molecule has 0 amide bonds. The quantitative estimate of drug-likeness (QED) is 0.910. The number of aromatic nitrogens is 4. The molecule has 3 rings (SSSR count). The second-order valence-electron chi connectivity index (χ2n) is 6.36. The molecule has 0 aromatic carbocycles. The van der Waals surface area contributed by atoms with Crippen LogP contribution in [0, 0.1) is 12.3 Å². The van der Waals surface area contributed by atoms with E-state index in [4.69, 9.17) is 0 Å². The number of aryl methyl sites for hydroxylation is 1. The van der Waals surface area contributed by atoms with E-state index in [9.17, 15) is 0 Å². The zero-order chi connectivity index (χ0) is 14.3. The van der Waals surface area contributed by atoms with Gasteiger partial charge in [-0.1, -0.05) is 13.8 Å². The molecule has 2 heterocycles. The molecule has 0 bridgehead atoms. The van der Waals surface area contributed by atoms with Crippen LogP contribution in [0.1, 0.15) is 43.3 Å². The molecule has 0 saturated carbocycles. The normalized spacial score (nSPS) is 20.7. The van der Waals surface area contributed by atoms with Gasteiger partial charge in [0, 0.05) is 23.4 Å². The largest absolute Gasteiger partial charge is 0.313 e. The maximum atomic E-state index is 4.56. The van der Waals surface area contributed by atoms with Crippen molar-refractivity contribution in [2.24, 2.45) is 5.41 Å². The van der Waals surface area contributed by atoms with E-state index < -0.39 is 0 Å². The average Bonchev–Trinajstić information content (AvgIpc) is 2.80. The summed E-state index contributed by atoms with van der Waals surface area (Å²) in [5.41, 5.74) is 3.78. The number of rotatable bonds is 2. The smallest absolute Gasteiger partial charge is 0.157 e. The molecule has 106 valence electrons. The molecule has 1 atom stereocenters. The summed E-state index contributed by atoms with van der Waals surface area (Å²) in [6.45, 7) is 6.59. The highest BCUT2D eigenvalue weighted by molar-refractivity contribution is 5.34. The van der Waals surface area contributed by atoms with Crippen molar-refractivity contribution in [2.75, 3.05) is 7.05 Å². The molecule has 2 aromatic heterocycles. The first kappa shape index (κ1) is 13.2. The third-order valence-corrected chi connectivity index (χ3v) is 4.03. The van der Waals surface area contributed by atoms with Crippen LogP contribution in [-0.2, 0) is 6.42 Å². The highest BCUT2D eigenvalue weighted by Crippen LogP contribution is 2.40. The zero-order valence-corrected chi connectivity index (χ0v) is 12.5. The predicted molar refractivity (Wildman–Crippen MR) is 77.8 cm³/mol. The Labute approximate surface area is 119 Å². The number of nitrogens with zero attached hydrogens (tertiary/aromatic N) is 4. The van der Waals surface area contributed by atoms with E-state index >= 15 is 0 Å². The number of hydrogen-bond donors (Lipinski definition) is 1. The lowest BCUT2D eigenvalue weighted by Crippen LogP contribution is -2.32. The third kappa shape index (κ3) is 2.22. The van der Waals surface area contributed by atoms with Gasteiger partial charge < -0.3 is 5.32 Å². The van der Waals surface area contributed by atoms with E-state index in [1.54, 1.807) is 6.33 Å². The van der Waals surface area contributed by atoms with Gasteiger partial charge >= 0.3 is 0 Å². The fourth-order valence-corrected chi connectivity index (χ4v) is 3.05. The molecule has 5 nitrogen and oxygen atoms in total. The topological polar surface area (TPSA) is 55.6 Å². The van der Waals surface area contributed by atoms with E-state index in [1.165, 1.54) is 11.3 Å². The molecule has 1 N–H and O–H groups in total. The van der Waals surface area contributed by atoms with Crippen LogP contribution in [0.3, 0.4) is 0 Å². The monoisotopic (exact) mass is 271 g/mol.